The number of aromatic nitrogens is 1. The van der Waals surface area contributed by atoms with E-state index >= 15 is 0 Å². The van der Waals surface area contributed by atoms with E-state index in [1.165, 1.54) is 17.6 Å². The van der Waals surface area contributed by atoms with E-state index in [9.17, 15) is 9.59 Å². The number of nitrogens with zero attached hydrogens (tertiary/aromatic N) is 2. The van der Waals surface area contributed by atoms with Gasteiger partial charge < -0.3 is 5.32 Å². The maximum absolute atomic E-state index is 12.5. The van der Waals surface area contributed by atoms with Gasteiger partial charge in [0.05, 0.1) is 11.9 Å². The van der Waals surface area contributed by atoms with E-state index in [2.05, 4.69) is 20.8 Å². The summed E-state index contributed by atoms with van der Waals surface area (Å²) in [4.78, 5) is 29.8. The molecule has 0 saturated heterocycles. The van der Waals surface area contributed by atoms with Crippen LogP contribution >= 0.6 is 11.3 Å². The number of benzene rings is 1. The normalized spacial score (nSPS) is 11.3. The van der Waals surface area contributed by atoms with Gasteiger partial charge in [-0.15, -0.1) is 11.3 Å². The number of hydrogen-bond acceptors (Lipinski definition) is 5. The fraction of sp³-hybridized carbons (Fsp3) is 0. The third-order valence-corrected chi connectivity index (χ3v) is 4.23. The van der Waals surface area contributed by atoms with Gasteiger partial charge in [-0.05, 0) is 41.8 Å². The fourth-order valence-corrected chi connectivity index (χ4v) is 2.78. The molecule has 27 heavy (non-hydrogen) atoms. The van der Waals surface area contributed by atoms with Crippen LogP contribution in [0.3, 0.4) is 0 Å². The van der Waals surface area contributed by atoms with Crippen molar-refractivity contribution >= 4 is 35.4 Å². The average Bonchev–Trinajstić information content (AvgIpc) is 3.22. The van der Waals surface area contributed by atoms with E-state index in [-0.39, 0.29) is 11.6 Å². The predicted molar refractivity (Wildman–Crippen MR) is 106 cm³/mol. The summed E-state index contributed by atoms with van der Waals surface area (Å²) in [6.07, 6.45) is 4.67. The molecule has 2 heterocycles. The predicted octanol–water partition coefficient (Wildman–Crippen LogP) is 3.06. The van der Waals surface area contributed by atoms with Gasteiger partial charge in [0, 0.05) is 16.6 Å². The monoisotopic (exact) mass is 376 g/mol. The zero-order valence-electron chi connectivity index (χ0n) is 14.2. The van der Waals surface area contributed by atoms with E-state index in [1.54, 1.807) is 48.7 Å². The molecule has 0 unspecified atom stereocenters. The second kappa shape index (κ2) is 9.21. The molecule has 7 heteroatoms. The minimum atomic E-state index is -0.528. The first-order valence-corrected chi connectivity index (χ1v) is 8.96. The Labute approximate surface area is 160 Å². The minimum Gasteiger partial charge on any atom is -0.317 e. The van der Waals surface area contributed by atoms with Gasteiger partial charge in [0.1, 0.15) is 5.70 Å². The van der Waals surface area contributed by atoms with Gasteiger partial charge in [0.2, 0.25) is 0 Å². The molecule has 2 amide bonds. The van der Waals surface area contributed by atoms with Gasteiger partial charge in [0.25, 0.3) is 11.8 Å². The highest BCUT2D eigenvalue weighted by Crippen LogP contribution is 2.13. The summed E-state index contributed by atoms with van der Waals surface area (Å²) in [6.45, 7) is 0. The standard InChI is InChI=1S/C20H16N4O2S/c25-19(15-7-2-1-3-8-15)23-18(13-17-10-6-12-27-17)20(26)24-22-14-16-9-4-5-11-21-16/h1-14H,(H,23,25)(H,24,26)/b18-13-,22-14?. The Kier molecular flexibility index (Phi) is 6.21. The van der Waals surface area contributed by atoms with Crippen molar-refractivity contribution in [2.24, 2.45) is 5.10 Å². The summed E-state index contributed by atoms with van der Waals surface area (Å²) in [5, 5.41) is 8.43. The Bertz CT molecular complexity index is 952. The molecule has 0 atom stereocenters. The zero-order valence-corrected chi connectivity index (χ0v) is 15.0. The quantitative estimate of drug-likeness (QED) is 0.394. The topological polar surface area (TPSA) is 83.4 Å². The van der Waals surface area contributed by atoms with Crippen LogP contribution in [0.2, 0.25) is 0 Å². The Morgan fingerprint density at radius 3 is 2.52 bits per heavy atom. The van der Waals surface area contributed by atoms with Crippen LogP contribution in [0.25, 0.3) is 6.08 Å². The van der Waals surface area contributed by atoms with Crippen molar-refractivity contribution in [2.75, 3.05) is 0 Å². The number of carbonyl (C=O) groups excluding carboxylic acids is 2. The summed E-state index contributed by atoms with van der Waals surface area (Å²) in [5.74, 6) is -0.901. The van der Waals surface area contributed by atoms with Gasteiger partial charge in [-0.2, -0.15) is 5.10 Å². The first kappa shape index (κ1) is 18.2. The van der Waals surface area contributed by atoms with Crippen LogP contribution in [0.1, 0.15) is 20.9 Å². The van der Waals surface area contributed by atoms with Crippen LogP contribution in [0.15, 0.2) is 83.0 Å². The summed E-state index contributed by atoms with van der Waals surface area (Å²) < 4.78 is 0. The minimum absolute atomic E-state index is 0.101. The fourth-order valence-electron chi connectivity index (χ4n) is 2.13. The Hall–Kier alpha value is -3.58. The molecule has 0 aliphatic rings. The number of hydrogen-bond donors (Lipinski definition) is 2. The zero-order chi connectivity index (χ0) is 18.9. The second-order valence-electron chi connectivity index (χ2n) is 5.35. The number of thiophene rings is 1. The van der Waals surface area contributed by atoms with Gasteiger partial charge in [0.15, 0.2) is 0 Å². The number of carbonyl (C=O) groups is 2. The molecule has 0 radical (unpaired) electrons. The molecule has 2 aromatic heterocycles. The van der Waals surface area contributed by atoms with E-state index in [0.29, 0.717) is 11.3 Å². The van der Waals surface area contributed by atoms with E-state index in [4.69, 9.17) is 0 Å². The Morgan fingerprint density at radius 2 is 1.81 bits per heavy atom. The van der Waals surface area contributed by atoms with Gasteiger partial charge in [-0.25, -0.2) is 5.43 Å². The SMILES string of the molecule is O=C(NN=Cc1ccccn1)/C(=C/c1cccs1)NC(=O)c1ccccc1. The molecule has 6 nitrogen and oxygen atoms in total. The molecule has 1 aromatic carbocycles. The lowest BCUT2D eigenvalue weighted by molar-refractivity contribution is -0.117. The smallest absolute Gasteiger partial charge is 0.287 e. The lowest BCUT2D eigenvalue weighted by Crippen LogP contribution is -2.32. The highest BCUT2D eigenvalue weighted by Gasteiger charge is 2.14. The number of hydrazone groups is 1. The molecule has 0 fully saturated rings. The highest BCUT2D eigenvalue weighted by molar-refractivity contribution is 7.10. The third kappa shape index (κ3) is 5.45. The first-order valence-electron chi connectivity index (χ1n) is 8.08. The number of rotatable bonds is 6. The molecule has 0 bridgehead atoms. The van der Waals surface area contributed by atoms with Crippen LogP contribution in [-0.2, 0) is 4.79 Å². The molecule has 3 aromatic rings. The third-order valence-electron chi connectivity index (χ3n) is 3.41. The maximum atomic E-state index is 12.5. The van der Waals surface area contributed by atoms with Crippen molar-refractivity contribution in [3.63, 3.8) is 0 Å². The van der Waals surface area contributed by atoms with Crippen molar-refractivity contribution in [3.05, 3.63) is 94.1 Å². The van der Waals surface area contributed by atoms with Crippen molar-refractivity contribution in [1.29, 1.82) is 0 Å². The van der Waals surface area contributed by atoms with E-state index in [1.807, 2.05) is 29.6 Å². The van der Waals surface area contributed by atoms with Crippen molar-refractivity contribution in [2.45, 2.75) is 0 Å². The molecule has 134 valence electrons. The summed E-state index contributed by atoms with van der Waals surface area (Å²) in [6, 6.07) is 17.8. The van der Waals surface area contributed by atoms with Crippen molar-refractivity contribution < 1.29 is 9.59 Å². The van der Waals surface area contributed by atoms with E-state index < -0.39 is 5.91 Å². The van der Waals surface area contributed by atoms with Crippen LogP contribution in [0, 0.1) is 0 Å². The largest absolute Gasteiger partial charge is 0.317 e. The Balaban J connectivity index is 1.74. The van der Waals surface area contributed by atoms with Crippen LogP contribution in [0.4, 0.5) is 0 Å². The first-order chi connectivity index (χ1) is 13.2. The molecular formula is C20H16N4O2S. The summed E-state index contributed by atoms with van der Waals surface area (Å²) in [7, 11) is 0. The van der Waals surface area contributed by atoms with Crippen LogP contribution < -0.4 is 10.7 Å². The molecule has 0 saturated carbocycles. The van der Waals surface area contributed by atoms with Crippen molar-refractivity contribution in [1.82, 2.24) is 15.7 Å². The maximum Gasteiger partial charge on any atom is 0.287 e. The summed E-state index contributed by atoms with van der Waals surface area (Å²) >= 11 is 1.46. The van der Waals surface area contributed by atoms with Gasteiger partial charge in [-0.1, -0.05) is 30.3 Å². The second-order valence-corrected chi connectivity index (χ2v) is 6.33. The lowest BCUT2D eigenvalue weighted by Gasteiger charge is -2.08. The van der Waals surface area contributed by atoms with Crippen LogP contribution in [0.5, 0.6) is 0 Å². The summed E-state index contributed by atoms with van der Waals surface area (Å²) in [5.41, 5.74) is 3.58. The highest BCUT2D eigenvalue weighted by atomic mass is 32.1. The van der Waals surface area contributed by atoms with Gasteiger partial charge >= 0.3 is 0 Å². The van der Waals surface area contributed by atoms with E-state index in [0.717, 1.165) is 4.88 Å². The molecule has 2 N–H and O–H groups in total. The lowest BCUT2D eigenvalue weighted by atomic mass is 10.2. The molecular weight excluding hydrogens is 360 g/mol. The molecule has 3 rings (SSSR count). The molecule has 0 spiro atoms. The molecule has 0 aliphatic heterocycles. The van der Waals surface area contributed by atoms with Gasteiger partial charge in [-0.3, -0.25) is 14.6 Å². The average molecular weight is 376 g/mol. The number of nitrogens with one attached hydrogen (secondary N) is 2. The number of amides is 2. The van der Waals surface area contributed by atoms with Crippen molar-refractivity contribution in [3.8, 4) is 0 Å². The van der Waals surface area contributed by atoms with Crippen LogP contribution in [-0.4, -0.2) is 23.0 Å². The molecule has 0 aliphatic carbocycles. The number of pyridine rings is 1. The Morgan fingerprint density at radius 1 is 1.00 bits per heavy atom.